The molecule has 3 aromatic heterocycles. The number of pyridine rings is 3. The summed E-state index contributed by atoms with van der Waals surface area (Å²) in [5.74, 6) is 0. The van der Waals surface area contributed by atoms with Crippen LogP contribution in [-0.2, 0) is 0 Å². The Bertz CT molecular complexity index is 797. The molecule has 1 aromatic carbocycles. The van der Waals surface area contributed by atoms with Gasteiger partial charge in [0, 0.05) is 36.5 Å². The maximum absolute atomic E-state index is 4.49. The predicted octanol–water partition coefficient (Wildman–Crippen LogP) is 4.87. The highest BCUT2D eigenvalue weighted by molar-refractivity contribution is 5.79. The van der Waals surface area contributed by atoms with Gasteiger partial charge in [0.15, 0.2) is 0 Å². The van der Waals surface area contributed by atoms with E-state index in [1.165, 1.54) is 0 Å². The molecule has 0 radical (unpaired) electrons. The van der Waals surface area contributed by atoms with Crippen LogP contribution < -0.4 is 0 Å². The number of hydrogen-bond donors (Lipinski definition) is 0. The zero-order valence-corrected chi connectivity index (χ0v) is 13.0. The zero-order valence-electron chi connectivity index (χ0n) is 13.0. The first kappa shape index (κ1) is 14.3. The van der Waals surface area contributed by atoms with E-state index in [2.05, 4.69) is 33.2 Å². The topological polar surface area (TPSA) is 38.7 Å². The van der Waals surface area contributed by atoms with E-state index in [0.29, 0.717) is 0 Å². The summed E-state index contributed by atoms with van der Waals surface area (Å²) < 4.78 is 0. The zero-order chi connectivity index (χ0) is 16.2. The number of aromatic nitrogens is 3. The van der Waals surface area contributed by atoms with Crippen LogP contribution in [0.15, 0.2) is 91.6 Å². The highest BCUT2D eigenvalue weighted by Gasteiger charge is 2.07. The normalized spacial score (nSPS) is 10.5. The van der Waals surface area contributed by atoms with Gasteiger partial charge in [-0.1, -0.05) is 6.07 Å². The standard InChI is InChI=1S/C21H15N3/c1-2-8-24-21(3-1)20-14-18(16-4-9-22-10-5-16)13-19(15-20)17-6-11-23-12-7-17/h1-15H. The molecule has 0 bridgehead atoms. The summed E-state index contributed by atoms with van der Waals surface area (Å²) in [4.78, 5) is 12.7. The third-order valence-electron chi connectivity index (χ3n) is 3.92. The van der Waals surface area contributed by atoms with Crippen LogP contribution in [-0.4, -0.2) is 15.0 Å². The second-order valence-corrected chi connectivity index (χ2v) is 5.49. The molecule has 0 aliphatic heterocycles. The molecule has 0 saturated carbocycles. The summed E-state index contributed by atoms with van der Waals surface area (Å²) in [5, 5.41) is 0. The Balaban J connectivity index is 1.92. The summed E-state index contributed by atoms with van der Waals surface area (Å²) in [6.45, 7) is 0. The molecule has 24 heavy (non-hydrogen) atoms. The van der Waals surface area contributed by atoms with Crippen molar-refractivity contribution in [3.63, 3.8) is 0 Å². The summed E-state index contributed by atoms with van der Waals surface area (Å²) in [7, 11) is 0. The van der Waals surface area contributed by atoms with Crippen molar-refractivity contribution >= 4 is 0 Å². The Hall–Kier alpha value is -3.33. The quantitative estimate of drug-likeness (QED) is 0.542. The molecule has 114 valence electrons. The van der Waals surface area contributed by atoms with E-state index in [0.717, 1.165) is 33.5 Å². The molecule has 0 saturated heterocycles. The molecule has 4 aromatic rings. The summed E-state index contributed by atoms with van der Waals surface area (Å²) >= 11 is 0. The maximum Gasteiger partial charge on any atom is 0.0702 e. The van der Waals surface area contributed by atoms with Crippen LogP contribution in [0.2, 0.25) is 0 Å². The molecule has 0 atom stereocenters. The van der Waals surface area contributed by atoms with Crippen molar-refractivity contribution in [2.24, 2.45) is 0 Å². The van der Waals surface area contributed by atoms with Crippen molar-refractivity contribution in [3.05, 3.63) is 91.6 Å². The minimum Gasteiger partial charge on any atom is -0.265 e. The Morgan fingerprint density at radius 2 is 1.00 bits per heavy atom. The molecule has 0 aliphatic rings. The lowest BCUT2D eigenvalue weighted by Crippen LogP contribution is -1.88. The lowest BCUT2D eigenvalue weighted by atomic mass is 9.96. The Morgan fingerprint density at radius 1 is 0.458 bits per heavy atom. The van der Waals surface area contributed by atoms with Crippen LogP contribution in [0.4, 0.5) is 0 Å². The fourth-order valence-corrected chi connectivity index (χ4v) is 2.73. The van der Waals surface area contributed by atoms with E-state index in [1.54, 1.807) is 0 Å². The molecule has 4 rings (SSSR count). The van der Waals surface area contributed by atoms with Crippen molar-refractivity contribution in [1.29, 1.82) is 0 Å². The number of nitrogens with zero attached hydrogens (tertiary/aromatic N) is 3. The van der Waals surface area contributed by atoms with Gasteiger partial charge in [0.05, 0.1) is 5.69 Å². The van der Waals surface area contributed by atoms with Crippen LogP contribution in [0.1, 0.15) is 0 Å². The van der Waals surface area contributed by atoms with Gasteiger partial charge in [-0.3, -0.25) is 15.0 Å². The number of hydrogen-bond acceptors (Lipinski definition) is 3. The Labute approximate surface area is 140 Å². The van der Waals surface area contributed by atoms with Gasteiger partial charge in [0.2, 0.25) is 0 Å². The van der Waals surface area contributed by atoms with Crippen molar-refractivity contribution in [1.82, 2.24) is 15.0 Å². The number of benzene rings is 1. The molecule has 0 aliphatic carbocycles. The van der Waals surface area contributed by atoms with Gasteiger partial charge < -0.3 is 0 Å². The van der Waals surface area contributed by atoms with Crippen LogP contribution >= 0.6 is 0 Å². The van der Waals surface area contributed by atoms with Crippen molar-refractivity contribution in [3.8, 4) is 33.5 Å². The lowest BCUT2D eigenvalue weighted by molar-refractivity contribution is 1.31. The first-order chi connectivity index (χ1) is 11.9. The second kappa shape index (κ2) is 6.42. The average Bonchev–Trinajstić information content (AvgIpc) is 2.70. The monoisotopic (exact) mass is 309 g/mol. The first-order valence-corrected chi connectivity index (χ1v) is 7.77. The molecule has 3 heterocycles. The van der Waals surface area contributed by atoms with E-state index in [1.807, 2.05) is 73.4 Å². The van der Waals surface area contributed by atoms with E-state index in [4.69, 9.17) is 0 Å². The minimum atomic E-state index is 0.962. The van der Waals surface area contributed by atoms with E-state index in [-0.39, 0.29) is 0 Å². The molecule has 0 amide bonds. The minimum absolute atomic E-state index is 0.962. The second-order valence-electron chi connectivity index (χ2n) is 5.49. The van der Waals surface area contributed by atoms with Crippen molar-refractivity contribution in [2.45, 2.75) is 0 Å². The van der Waals surface area contributed by atoms with Gasteiger partial charge in [-0.05, 0) is 76.9 Å². The van der Waals surface area contributed by atoms with Crippen molar-refractivity contribution in [2.75, 3.05) is 0 Å². The van der Waals surface area contributed by atoms with Crippen LogP contribution in [0.5, 0.6) is 0 Å². The molecule has 3 nitrogen and oxygen atoms in total. The third kappa shape index (κ3) is 2.92. The summed E-state index contributed by atoms with van der Waals surface area (Å²) in [6.07, 6.45) is 9.08. The van der Waals surface area contributed by atoms with E-state index >= 15 is 0 Å². The van der Waals surface area contributed by atoms with Gasteiger partial charge in [0.1, 0.15) is 0 Å². The smallest absolute Gasteiger partial charge is 0.0702 e. The molecular weight excluding hydrogens is 294 g/mol. The van der Waals surface area contributed by atoms with Gasteiger partial charge in [-0.25, -0.2) is 0 Å². The predicted molar refractivity (Wildman–Crippen MR) is 96.1 cm³/mol. The highest BCUT2D eigenvalue weighted by atomic mass is 14.7. The van der Waals surface area contributed by atoms with Gasteiger partial charge in [-0.2, -0.15) is 0 Å². The molecular formula is C21H15N3. The maximum atomic E-state index is 4.49. The van der Waals surface area contributed by atoms with Crippen molar-refractivity contribution < 1.29 is 0 Å². The van der Waals surface area contributed by atoms with Gasteiger partial charge >= 0.3 is 0 Å². The van der Waals surface area contributed by atoms with E-state index in [9.17, 15) is 0 Å². The Morgan fingerprint density at radius 3 is 1.50 bits per heavy atom. The SMILES string of the molecule is c1ccc(-c2cc(-c3ccncc3)cc(-c3ccncc3)c2)nc1. The largest absolute Gasteiger partial charge is 0.265 e. The fourth-order valence-electron chi connectivity index (χ4n) is 2.73. The fraction of sp³-hybridized carbons (Fsp3) is 0. The molecule has 0 unspecified atom stereocenters. The van der Waals surface area contributed by atoms with Gasteiger partial charge in [0.25, 0.3) is 0 Å². The number of rotatable bonds is 3. The summed E-state index contributed by atoms with van der Waals surface area (Å²) in [5.41, 5.74) is 6.62. The Kier molecular flexibility index (Phi) is 3.82. The molecule has 3 heteroatoms. The van der Waals surface area contributed by atoms with Crippen LogP contribution in [0.3, 0.4) is 0 Å². The first-order valence-electron chi connectivity index (χ1n) is 7.77. The van der Waals surface area contributed by atoms with E-state index < -0.39 is 0 Å². The lowest BCUT2D eigenvalue weighted by Gasteiger charge is -2.10. The molecule has 0 spiro atoms. The van der Waals surface area contributed by atoms with Crippen LogP contribution in [0, 0.1) is 0 Å². The summed E-state index contributed by atoms with van der Waals surface area (Å²) in [6, 6.07) is 20.6. The average molecular weight is 309 g/mol. The highest BCUT2D eigenvalue weighted by Crippen LogP contribution is 2.31. The molecule has 0 fully saturated rings. The van der Waals surface area contributed by atoms with Gasteiger partial charge in [-0.15, -0.1) is 0 Å². The third-order valence-corrected chi connectivity index (χ3v) is 3.92. The van der Waals surface area contributed by atoms with Crippen LogP contribution in [0.25, 0.3) is 33.5 Å². The molecule has 0 N–H and O–H groups in total.